The Labute approximate surface area is 105 Å². The maximum absolute atomic E-state index is 11.8. The van der Waals surface area contributed by atoms with Crippen LogP contribution >= 0.6 is 12.4 Å². The molecule has 1 heterocycles. The molecule has 2 N–H and O–H groups in total. The fourth-order valence-electron chi connectivity index (χ4n) is 1.83. The quantitative estimate of drug-likeness (QED) is 0.822. The van der Waals surface area contributed by atoms with Crippen LogP contribution in [-0.4, -0.2) is 31.7 Å². The van der Waals surface area contributed by atoms with Crippen molar-refractivity contribution in [3.05, 3.63) is 0 Å². The predicted molar refractivity (Wildman–Crippen MR) is 61.1 cm³/mol. The van der Waals surface area contributed by atoms with E-state index in [1.165, 1.54) is 0 Å². The Balaban J connectivity index is 0.00000256. The molecule has 0 aromatic heterocycles. The average Bonchev–Trinajstić information content (AvgIpc) is 2.16. The van der Waals surface area contributed by atoms with Crippen molar-refractivity contribution in [1.29, 1.82) is 0 Å². The van der Waals surface area contributed by atoms with Crippen LogP contribution in [0.4, 0.5) is 13.2 Å². The van der Waals surface area contributed by atoms with Gasteiger partial charge in [0.2, 0.25) is 5.91 Å². The van der Waals surface area contributed by atoms with Crippen LogP contribution in [0, 0.1) is 5.92 Å². The second kappa shape index (κ2) is 7.76. The molecule has 102 valence electrons. The smallest absolute Gasteiger partial charge is 0.356 e. The molecule has 7 heteroatoms. The first-order chi connectivity index (χ1) is 7.47. The van der Waals surface area contributed by atoms with E-state index >= 15 is 0 Å². The third-order valence-electron chi connectivity index (χ3n) is 2.63. The second-order valence-electron chi connectivity index (χ2n) is 4.14. The number of piperidine rings is 1. The Bertz CT molecular complexity index is 230. The van der Waals surface area contributed by atoms with Gasteiger partial charge in [-0.05, 0) is 38.3 Å². The summed E-state index contributed by atoms with van der Waals surface area (Å²) >= 11 is 0. The number of nitrogens with one attached hydrogen (secondary N) is 2. The van der Waals surface area contributed by atoms with Gasteiger partial charge < -0.3 is 10.6 Å². The summed E-state index contributed by atoms with van der Waals surface area (Å²) in [5, 5.41) is 5.52. The van der Waals surface area contributed by atoms with Crippen LogP contribution in [0.15, 0.2) is 0 Å². The maximum atomic E-state index is 11.8. The van der Waals surface area contributed by atoms with Crippen molar-refractivity contribution in [2.24, 2.45) is 5.92 Å². The number of alkyl halides is 3. The third-order valence-corrected chi connectivity index (χ3v) is 2.63. The van der Waals surface area contributed by atoms with Crippen LogP contribution in [0.5, 0.6) is 0 Å². The van der Waals surface area contributed by atoms with Crippen LogP contribution in [-0.2, 0) is 4.79 Å². The van der Waals surface area contributed by atoms with Crippen molar-refractivity contribution in [2.75, 3.05) is 19.6 Å². The van der Waals surface area contributed by atoms with Gasteiger partial charge in [0.15, 0.2) is 0 Å². The van der Waals surface area contributed by atoms with Crippen molar-refractivity contribution >= 4 is 18.3 Å². The van der Waals surface area contributed by atoms with Crippen LogP contribution in [0.1, 0.15) is 25.7 Å². The van der Waals surface area contributed by atoms with E-state index in [2.05, 4.69) is 10.6 Å². The summed E-state index contributed by atoms with van der Waals surface area (Å²) in [5.74, 6) is -0.462. The van der Waals surface area contributed by atoms with Crippen molar-refractivity contribution in [3.8, 4) is 0 Å². The number of carbonyl (C=O) groups excluding carboxylic acids is 1. The second-order valence-corrected chi connectivity index (χ2v) is 4.14. The first-order valence-corrected chi connectivity index (χ1v) is 5.51. The van der Waals surface area contributed by atoms with Crippen molar-refractivity contribution in [2.45, 2.75) is 31.9 Å². The molecule has 1 fully saturated rings. The minimum Gasteiger partial charge on any atom is -0.356 e. The van der Waals surface area contributed by atoms with Crippen LogP contribution < -0.4 is 10.6 Å². The highest BCUT2D eigenvalue weighted by Gasteiger charge is 2.30. The number of amides is 1. The standard InChI is InChI=1S/C10H17F3N2O.ClH/c11-10(12,13)6-9(16)15-5-3-8-2-1-4-14-7-8;/h8,14H,1-7H2,(H,15,16);1H. The summed E-state index contributed by atoms with van der Waals surface area (Å²) in [6, 6.07) is 0. The van der Waals surface area contributed by atoms with E-state index in [0.717, 1.165) is 32.4 Å². The Morgan fingerprint density at radius 2 is 2.12 bits per heavy atom. The van der Waals surface area contributed by atoms with Gasteiger partial charge in [-0.3, -0.25) is 4.79 Å². The lowest BCUT2D eigenvalue weighted by molar-refractivity contribution is -0.153. The van der Waals surface area contributed by atoms with E-state index in [1.54, 1.807) is 0 Å². The number of rotatable bonds is 4. The van der Waals surface area contributed by atoms with Gasteiger partial charge in [-0.1, -0.05) is 0 Å². The molecule has 0 bridgehead atoms. The molecule has 1 aliphatic heterocycles. The molecular formula is C10H18ClF3N2O. The molecule has 17 heavy (non-hydrogen) atoms. The molecule has 0 aliphatic carbocycles. The number of hydrogen-bond donors (Lipinski definition) is 2. The Morgan fingerprint density at radius 3 is 2.65 bits per heavy atom. The molecule has 0 aromatic carbocycles. The van der Waals surface area contributed by atoms with E-state index < -0.39 is 18.5 Å². The summed E-state index contributed by atoms with van der Waals surface area (Å²) in [6.45, 7) is 2.24. The van der Waals surface area contributed by atoms with Gasteiger partial charge in [0.25, 0.3) is 0 Å². The van der Waals surface area contributed by atoms with E-state index in [0.29, 0.717) is 12.5 Å². The molecule has 1 amide bonds. The maximum Gasteiger partial charge on any atom is 0.397 e. The minimum atomic E-state index is -4.41. The van der Waals surface area contributed by atoms with E-state index in [9.17, 15) is 18.0 Å². The molecule has 1 atom stereocenters. The van der Waals surface area contributed by atoms with Crippen molar-refractivity contribution in [3.63, 3.8) is 0 Å². The van der Waals surface area contributed by atoms with Crippen LogP contribution in [0.3, 0.4) is 0 Å². The minimum absolute atomic E-state index is 0. The van der Waals surface area contributed by atoms with E-state index in [4.69, 9.17) is 0 Å². The van der Waals surface area contributed by atoms with E-state index in [1.807, 2.05) is 0 Å². The zero-order chi connectivity index (χ0) is 12.0. The van der Waals surface area contributed by atoms with E-state index in [-0.39, 0.29) is 12.4 Å². The predicted octanol–water partition coefficient (Wildman–Crippen LogP) is 1.87. The van der Waals surface area contributed by atoms with Crippen molar-refractivity contribution in [1.82, 2.24) is 10.6 Å². The molecule has 0 aromatic rings. The molecule has 0 saturated carbocycles. The average molecular weight is 275 g/mol. The molecule has 3 nitrogen and oxygen atoms in total. The van der Waals surface area contributed by atoms with Gasteiger partial charge in [-0.2, -0.15) is 13.2 Å². The highest BCUT2D eigenvalue weighted by atomic mass is 35.5. The summed E-state index contributed by atoms with van der Waals surface area (Å²) in [5.41, 5.74) is 0. The molecule has 1 saturated heterocycles. The summed E-state index contributed by atoms with van der Waals surface area (Å²) in [6.07, 6.45) is -2.85. The molecule has 1 unspecified atom stereocenters. The SMILES string of the molecule is Cl.O=C(CC(F)(F)F)NCCC1CCCNC1. The summed E-state index contributed by atoms with van der Waals surface area (Å²) < 4.78 is 35.5. The number of halogens is 4. The molecule has 1 aliphatic rings. The van der Waals surface area contributed by atoms with Gasteiger partial charge in [0.1, 0.15) is 6.42 Å². The molecule has 0 spiro atoms. The molecular weight excluding hydrogens is 257 g/mol. The van der Waals surface area contributed by atoms with Crippen LogP contribution in [0.25, 0.3) is 0 Å². The van der Waals surface area contributed by atoms with Gasteiger partial charge in [0, 0.05) is 6.54 Å². The zero-order valence-electron chi connectivity index (χ0n) is 9.48. The fraction of sp³-hybridized carbons (Fsp3) is 0.900. The van der Waals surface area contributed by atoms with Crippen LogP contribution in [0.2, 0.25) is 0 Å². The third kappa shape index (κ3) is 8.26. The Hall–Kier alpha value is -0.490. The highest BCUT2D eigenvalue weighted by Crippen LogP contribution is 2.19. The Kier molecular flexibility index (Phi) is 7.54. The molecule has 0 radical (unpaired) electrons. The van der Waals surface area contributed by atoms with Gasteiger partial charge >= 0.3 is 6.18 Å². The summed E-state index contributed by atoms with van der Waals surface area (Å²) in [4.78, 5) is 10.9. The largest absolute Gasteiger partial charge is 0.397 e. The topological polar surface area (TPSA) is 41.1 Å². The summed E-state index contributed by atoms with van der Waals surface area (Å²) in [7, 11) is 0. The van der Waals surface area contributed by atoms with Gasteiger partial charge in [-0.15, -0.1) is 12.4 Å². The first kappa shape index (κ1) is 16.5. The normalized spacial score (nSPS) is 20.5. The Morgan fingerprint density at radius 1 is 1.41 bits per heavy atom. The first-order valence-electron chi connectivity index (χ1n) is 5.51. The highest BCUT2D eigenvalue weighted by molar-refractivity contribution is 5.85. The van der Waals surface area contributed by atoms with Crippen molar-refractivity contribution < 1.29 is 18.0 Å². The number of carbonyl (C=O) groups is 1. The number of hydrogen-bond acceptors (Lipinski definition) is 2. The molecule has 1 rings (SSSR count). The lowest BCUT2D eigenvalue weighted by atomic mass is 9.96. The zero-order valence-corrected chi connectivity index (χ0v) is 10.3. The lowest BCUT2D eigenvalue weighted by Crippen LogP contribution is -2.34. The van der Waals surface area contributed by atoms with Gasteiger partial charge in [0.05, 0.1) is 0 Å². The lowest BCUT2D eigenvalue weighted by Gasteiger charge is -2.22. The fourth-order valence-corrected chi connectivity index (χ4v) is 1.83. The van der Waals surface area contributed by atoms with Gasteiger partial charge in [-0.25, -0.2) is 0 Å². The monoisotopic (exact) mass is 274 g/mol.